The van der Waals surface area contributed by atoms with Gasteiger partial charge in [0, 0.05) is 25.6 Å². The highest BCUT2D eigenvalue weighted by atomic mass is 32.3. The molecule has 0 aliphatic rings. The second-order valence-corrected chi connectivity index (χ2v) is 8.42. The number of fused-ring (bicyclic) bond motifs is 3. The van der Waals surface area contributed by atoms with Crippen molar-refractivity contribution in [2.75, 3.05) is 32.7 Å². The highest BCUT2D eigenvalue weighted by molar-refractivity contribution is 7.97. The van der Waals surface area contributed by atoms with E-state index >= 15 is 0 Å². The molecule has 2 aromatic heterocycles. The smallest absolute Gasteiger partial charge is 0.317 e. The second-order valence-electron chi connectivity index (χ2n) is 6.56. The molecule has 0 aliphatic heterocycles. The van der Waals surface area contributed by atoms with Crippen molar-refractivity contribution in [3.8, 4) is 5.75 Å². The molecule has 0 spiro atoms. The van der Waals surface area contributed by atoms with Crippen LogP contribution in [-0.2, 0) is 19.2 Å². The van der Waals surface area contributed by atoms with Crippen molar-refractivity contribution < 1.29 is 18.2 Å². The Bertz CT molecular complexity index is 1230. The van der Waals surface area contributed by atoms with Gasteiger partial charge in [0.05, 0.1) is 12.6 Å². The van der Waals surface area contributed by atoms with E-state index in [4.69, 9.17) is 9.47 Å². The van der Waals surface area contributed by atoms with Crippen LogP contribution in [-0.4, -0.2) is 51.7 Å². The molecule has 1 N–H and O–H groups in total. The first-order chi connectivity index (χ1) is 14.6. The molecule has 10 heteroatoms. The van der Waals surface area contributed by atoms with Gasteiger partial charge in [0.1, 0.15) is 21.8 Å². The van der Waals surface area contributed by atoms with Gasteiger partial charge < -0.3 is 19.3 Å². The van der Waals surface area contributed by atoms with Gasteiger partial charge in [-0.15, -0.1) is 0 Å². The minimum absolute atomic E-state index is 0.0928. The summed E-state index contributed by atoms with van der Waals surface area (Å²) < 4.78 is 38.1. The lowest BCUT2D eigenvalue weighted by atomic mass is 10.2. The molecular weight excluding hydrogens is 406 g/mol. The number of benzene rings is 2. The molecular formula is C20H21N5O4S. The van der Waals surface area contributed by atoms with E-state index in [9.17, 15) is 8.76 Å². The van der Waals surface area contributed by atoms with Crippen LogP contribution in [0.15, 0.2) is 58.5 Å². The first kappa shape index (κ1) is 20.2. The van der Waals surface area contributed by atoms with Crippen molar-refractivity contribution in [3.05, 3.63) is 48.5 Å². The molecule has 0 amide bonds. The van der Waals surface area contributed by atoms with E-state index in [1.807, 2.05) is 24.3 Å². The van der Waals surface area contributed by atoms with Crippen molar-refractivity contribution in [1.29, 1.82) is 0 Å². The molecule has 0 saturated heterocycles. The number of hydrogen-bond acceptors (Lipinski definition) is 8. The summed E-state index contributed by atoms with van der Waals surface area (Å²) in [6, 6.07) is 13.6. The average molecular weight is 427 g/mol. The molecule has 4 rings (SSSR count). The third-order valence-corrected chi connectivity index (χ3v) is 6.33. The molecule has 156 valence electrons. The minimum Gasteiger partial charge on any atom is -0.604 e. The van der Waals surface area contributed by atoms with Crippen molar-refractivity contribution >= 4 is 32.6 Å². The summed E-state index contributed by atoms with van der Waals surface area (Å²) in [5.41, 5.74) is 0.874. The summed E-state index contributed by atoms with van der Waals surface area (Å²) >= 11 is 0. The maximum Gasteiger partial charge on any atom is 0.317 e. The molecule has 30 heavy (non-hydrogen) atoms. The molecule has 1 unspecified atom stereocenters. The van der Waals surface area contributed by atoms with Gasteiger partial charge in [-0.3, -0.25) is 0 Å². The topological polar surface area (TPSA) is 114 Å². The molecule has 4 aromatic rings. The lowest BCUT2D eigenvalue weighted by Gasteiger charge is -2.13. The van der Waals surface area contributed by atoms with Gasteiger partial charge in [0.15, 0.2) is 4.90 Å². The standard InChI is InChI=1S/C20H21N5O4S/c1-28-13-5-12-21-18-16-6-3-4-7-17(16)25-19(22-18)20(23-24-25)30(26,27)15-10-8-14(29-2)9-11-15/h3-4,6-11H,5,12-13H2,1-2H3,(H-,21,22,26,27). The Morgan fingerprint density at radius 2 is 1.90 bits per heavy atom. The minimum atomic E-state index is -3.92. The predicted molar refractivity (Wildman–Crippen MR) is 112 cm³/mol. The Hall–Kier alpha value is -3.08. The largest absolute Gasteiger partial charge is 0.604 e. The Kier molecular flexibility index (Phi) is 5.62. The zero-order valence-electron chi connectivity index (χ0n) is 16.6. The van der Waals surface area contributed by atoms with Crippen LogP contribution in [0.3, 0.4) is 0 Å². The molecule has 0 fully saturated rings. The van der Waals surface area contributed by atoms with Gasteiger partial charge in [0.25, 0.3) is 0 Å². The van der Waals surface area contributed by atoms with Crippen LogP contribution < -0.4 is 10.1 Å². The SMILES string of the molecule is COCCCNc1nc2c([S+](=O)([O-])c3ccc(OC)cc3)nnn2c2ccccc12. The van der Waals surface area contributed by atoms with Gasteiger partial charge in [-0.1, -0.05) is 26.7 Å². The van der Waals surface area contributed by atoms with Gasteiger partial charge in [-0.2, -0.15) is 4.52 Å². The van der Waals surface area contributed by atoms with E-state index in [2.05, 4.69) is 20.6 Å². The van der Waals surface area contributed by atoms with E-state index in [0.717, 1.165) is 11.8 Å². The first-order valence-corrected chi connectivity index (χ1v) is 10.8. The van der Waals surface area contributed by atoms with Crippen LogP contribution in [0.1, 0.15) is 6.42 Å². The molecule has 1 atom stereocenters. The Balaban J connectivity index is 1.83. The average Bonchev–Trinajstić information content (AvgIpc) is 3.21. The van der Waals surface area contributed by atoms with Crippen molar-refractivity contribution in [3.63, 3.8) is 0 Å². The number of para-hydroxylation sites is 1. The molecule has 9 nitrogen and oxygen atoms in total. The maximum atomic E-state index is 13.2. The van der Waals surface area contributed by atoms with Crippen LogP contribution in [0.4, 0.5) is 5.82 Å². The van der Waals surface area contributed by atoms with Crippen LogP contribution >= 0.6 is 0 Å². The quantitative estimate of drug-likeness (QED) is 0.337. The molecule has 2 aromatic carbocycles. The number of nitrogens with one attached hydrogen (secondary N) is 1. The van der Waals surface area contributed by atoms with E-state index < -0.39 is 10.2 Å². The fourth-order valence-electron chi connectivity index (χ4n) is 3.14. The Morgan fingerprint density at radius 1 is 1.13 bits per heavy atom. The molecule has 0 bridgehead atoms. The van der Waals surface area contributed by atoms with Crippen LogP contribution in [0, 0.1) is 0 Å². The predicted octanol–water partition coefficient (Wildman–Crippen LogP) is 2.78. The van der Waals surface area contributed by atoms with E-state index in [1.165, 1.54) is 23.8 Å². The number of rotatable bonds is 8. The van der Waals surface area contributed by atoms with Crippen molar-refractivity contribution in [1.82, 2.24) is 19.8 Å². The summed E-state index contributed by atoms with van der Waals surface area (Å²) in [6.07, 6.45) is 0.784. The fourth-order valence-corrected chi connectivity index (χ4v) is 4.38. The number of nitrogens with zero attached hydrogens (tertiary/aromatic N) is 4. The number of aromatic nitrogens is 4. The zero-order chi connectivity index (χ0) is 21.1. The summed E-state index contributed by atoms with van der Waals surface area (Å²) in [4.78, 5) is 4.66. The Morgan fingerprint density at radius 3 is 2.63 bits per heavy atom. The van der Waals surface area contributed by atoms with Crippen LogP contribution in [0.25, 0.3) is 16.6 Å². The van der Waals surface area contributed by atoms with Gasteiger partial charge in [0.2, 0.25) is 5.65 Å². The van der Waals surface area contributed by atoms with Gasteiger partial charge >= 0.3 is 5.03 Å². The number of sulfone groups is 1. The monoisotopic (exact) mass is 427 g/mol. The number of hydrogen-bond donors (Lipinski definition) is 1. The van der Waals surface area contributed by atoms with E-state index in [-0.39, 0.29) is 15.6 Å². The van der Waals surface area contributed by atoms with E-state index in [1.54, 1.807) is 19.2 Å². The maximum absolute atomic E-state index is 13.2. The van der Waals surface area contributed by atoms with E-state index in [0.29, 0.717) is 30.2 Å². The highest BCUT2D eigenvalue weighted by Crippen LogP contribution is 2.31. The summed E-state index contributed by atoms with van der Waals surface area (Å²) in [6.45, 7) is 1.24. The van der Waals surface area contributed by atoms with Crippen molar-refractivity contribution in [2.45, 2.75) is 16.3 Å². The summed E-state index contributed by atoms with van der Waals surface area (Å²) in [5, 5.41) is 11.9. The lowest BCUT2D eigenvalue weighted by molar-refractivity contribution is 0.198. The lowest BCUT2D eigenvalue weighted by Crippen LogP contribution is -2.13. The van der Waals surface area contributed by atoms with Crippen LogP contribution in [0.2, 0.25) is 0 Å². The molecule has 0 radical (unpaired) electrons. The molecule has 0 aliphatic carbocycles. The van der Waals surface area contributed by atoms with Gasteiger partial charge in [-0.05, 0) is 42.8 Å². The normalized spacial score (nSPS) is 13.4. The highest BCUT2D eigenvalue weighted by Gasteiger charge is 2.32. The van der Waals surface area contributed by atoms with Crippen LogP contribution in [0.5, 0.6) is 5.75 Å². The third-order valence-electron chi connectivity index (χ3n) is 4.66. The fraction of sp³-hybridized carbons (Fsp3) is 0.250. The van der Waals surface area contributed by atoms with Crippen molar-refractivity contribution in [2.24, 2.45) is 0 Å². The third kappa shape index (κ3) is 3.60. The Labute approximate surface area is 174 Å². The first-order valence-electron chi connectivity index (χ1n) is 9.32. The molecule has 0 saturated carbocycles. The van der Waals surface area contributed by atoms with Gasteiger partial charge in [-0.25, -0.2) is 4.98 Å². The molecule has 2 heterocycles. The zero-order valence-corrected chi connectivity index (χ0v) is 17.4. The second kappa shape index (κ2) is 8.34. The number of methoxy groups -OCH3 is 2. The number of ether oxygens (including phenoxy) is 2. The summed E-state index contributed by atoms with van der Waals surface area (Å²) in [7, 11) is -0.755. The number of anilines is 1. The summed E-state index contributed by atoms with van der Waals surface area (Å²) in [5.74, 6) is 1.14.